The van der Waals surface area contributed by atoms with Crippen molar-refractivity contribution in [1.82, 2.24) is 10.3 Å². The minimum absolute atomic E-state index is 0.0240. The van der Waals surface area contributed by atoms with Gasteiger partial charge in [-0.3, -0.25) is 14.6 Å². The van der Waals surface area contributed by atoms with Gasteiger partial charge in [-0.25, -0.2) is 9.78 Å². The Bertz CT molecular complexity index is 914. The molecule has 1 spiro atoms. The van der Waals surface area contributed by atoms with Crippen molar-refractivity contribution in [3.63, 3.8) is 0 Å². The van der Waals surface area contributed by atoms with E-state index in [-0.39, 0.29) is 36.5 Å². The second-order valence-corrected chi connectivity index (χ2v) is 10.4. The van der Waals surface area contributed by atoms with Crippen molar-refractivity contribution in [2.45, 2.75) is 89.8 Å². The monoisotopic (exact) mass is 474 g/mol. The molecule has 1 aromatic heterocycles. The van der Waals surface area contributed by atoms with Gasteiger partial charge in [-0.05, 0) is 49.7 Å². The number of hydrogen-bond acceptors (Lipinski definition) is 8. The van der Waals surface area contributed by atoms with Gasteiger partial charge in [0.2, 0.25) is 18.0 Å². The van der Waals surface area contributed by atoms with Crippen LogP contribution >= 0.6 is 0 Å². The summed E-state index contributed by atoms with van der Waals surface area (Å²) >= 11 is 0. The first kappa shape index (κ1) is 23.7. The molecule has 1 amide bonds. The molecule has 9 nitrogen and oxygen atoms in total. The number of esters is 1. The van der Waals surface area contributed by atoms with Crippen LogP contribution in [0.3, 0.4) is 0 Å². The van der Waals surface area contributed by atoms with Gasteiger partial charge in [0, 0.05) is 43.6 Å². The van der Waals surface area contributed by atoms with Crippen LogP contribution in [0.5, 0.6) is 0 Å². The number of carbonyl (C=O) groups is 2. The first-order valence-electron chi connectivity index (χ1n) is 12.4. The Balaban J connectivity index is 1.20. The molecule has 1 aromatic rings. The maximum Gasteiger partial charge on any atom is 0.308 e. The number of hydrogen-bond donors (Lipinski definition) is 1. The second-order valence-electron chi connectivity index (χ2n) is 10.4. The quantitative estimate of drug-likeness (QED) is 0.495. The number of nitrogens with zero attached hydrogens (tertiary/aromatic N) is 1. The molecule has 34 heavy (non-hydrogen) atoms. The summed E-state index contributed by atoms with van der Waals surface area (Å²) in [7, 11) is 0. The molecule has 0 unspecified atom stereocenters. The highest BCUT2D eigenvalue weighted by atomic mass is 17.3. The van der Waals surface area contributed by atoms with Gasteiger partial charge in [0.05, 0.1) is 6.42 Å². The summed E-state index contributed by atoms with van der Waals surface area (Å²) in [6.07, 6.45) is 5.64. The third-order valence-electron chi connectivity index (χ3n) is 8.11. The predicted octanol–water partition coefficient (Wildman–Crippen LogP) is 3.23. The number of nitrogens with one attached hydrogen (secondary N) is 1. The predicted molar refractivity (Wildman–Crippen MR) is 118 cm³/mol. The number of amides is 1. The van der Waals surface area contributed by atoms with E-state index >= 15 is 0 Å². The maximum absolute atomic E-state index is 12.6. The normalized spacial score (nSPS) is 40.7. The molecule has 2 bridgehead atoms. The van der Waals surface area contributed by atoms with Crippen LogP contribution in [-0.4, -0.2) is 40.8 Å². The Morgan fingerprint density at radius 1 is 1.18 bits per heavy atom. The number of fused-ring (bicyclic) bond motifs is 2. The molecule has 4 saturated heterocycles. The number of aromatic nitrogens is 1. The molecule has 5 aliphatic rings. The van der Waals surface area contributed by atoms with E-state index in [1.807, 2.05) is 26.0 Å². The summed E-state index contributed by atoms with van der Waals surface area (Å²) in [4.78, 5) is 40.7. The summed E-state index contributed by atoms with van der Waals surface area (Å²) in [6, 6.07) is 3.69. The van der Waals surface area contributed by atoms with E-state index < -0.39 is 29.9 Å². The van der Waals surface area contributed by atoms with Crippen molar-refractivity contribution in [3.05, 3.63) is 30.1 Å². The Labute approximate surface area is 199 Å². The Kier molecular flexibility index (Phi) is 6.39. The van der Waals surface area contributed by atoms with E-state index in [0.717, 1.165) is 31.2 Å². The summed E-state index contributed by atoms with van der Waals surface area (Å²) < 4.78 is 18.3. The highest BCUT2D eigenvalue weighted by Crippen LogP contribution is 2.60. The lowest BCUT2D eigenvalue weighted by molar-refractivity contribution is -0.576. The van der Waals surface area contributed by atoms with Crippen LogP contribution in [0.15, 0.2) is 24.5 Å². The Morgan fingerprint density at radius 3 is 2.82 bits per heavy atom. The zero-order valence-electron chi connectivity index (χ0n) is 20.0. The highest BCUT2D eigenvalue weighted by Gasteiger charge is 2.69. The fourth-order valence-corrected chi connectivity index (χ4v) is 6.20. The molecule has 4 aliphatic heterocycles. The van der Waals surface area contributed by atoms with Gasteiger partial charge in [-0.2, -0.15) is 0 Å². The molecule has 1 aliphatic carbocycles. The summed E-state index contributed by atoms with van der Waals surface area (Å²) in [5.74, 6) is -0.856. The Morgan fingerprint density at radius 2 is 2.03 bits per heavy atom. The SMILES string of the molecule is C[C@H]1[C@H](OC(=O)CCC(=O)NCc2cccnc2)O[C@@H]2O[C@]3(C)CC[C@H]4[C@H](C)CC[C@H]1[C@@]24OO3. The topological polar surface area (TPSA) is 105 Å². The molecule has 0 aromatic carbocycles. The minimum Gasteiger partial charge on any atom is -0.435 e. The molecule has 186 valence electrons. The highest BCUT2D eigenvalue weighted by molar-refractivity contribution is 5.81. The van der Waals surface area contributed by atoms with E-state index in [4.69, 9.17) is 24.0 Å². The molecule has 0 radical (unpaired) electrons. The molecule has 5 fully saturated rings. The van der Waals surface area contributed by atoms with Gasteiger partial charge >= 0.3 is 5.97 Å². The van der Waals surface area contributed by atoms with Gasteiger partial charge in [-0.1, -0.05) is 19.9 Å². The first-order chi connectivity index (χ1) is 16.3. The number of ether oxygens (including phenoxy) is 3. The molecule has 1 N–H and O–H groups in total. The van der Waals surface area contributed by atoms with Crippen LogP contribution in [-0.2, 0) is 40.1 Å². The molecule has 8 atom stereocenters. The molecule has 5 heterocycles. The molecule has 1 saturated carbocycles. The third-order valence-corrected chi connectivity index (χ3v) is 8.11. The zero-order valence-corrected chi connectivity index (χ0v) is 20.0. The second kappa shape index (κ2) is 9.18. The lowest BCUT2D eigenvalue weighted by Gasteiger charge is -2.59. The van der Waals surface area contributed by atoms with Crippen LogP contribution in [0.25, 0.3) is 0 Å². The lowest BCUT2D eigenvalue weighted by atomic mass is 9.58. The minimum atomic E-state index is -0.876. The fourth-order valence-electron chi connectivity index (χ4n) is 6.20. The number of rotatable bonds is 6. The van der Waals surface area contributed by atoms with Gasteiger partial charge in [0.25, 0.3) is 0 Å². The average molecular weight is 475 g/mol. The van der Waals surface area contributed by atoms with Crippen molar-refractivity contribution >= 4 is 11.9 Å². The summed E-state index contributed by atoms with van der Waals surface area (Å²) in [6.45, 7) is 6.52. The van der Waals surface area contributed by atoms with Crippen molar-refractivity contribution < 1.29 is 33.6 Å². The maximum atomic E-state index is 12.6. The fraction of sp³-hybridized carbons (Fsp3) is 0.720. The molecule has 6 rings (SSSR count). The number of carbonyl (C=O) groups excluding carboxylic acids is 2. The zero-order chi connectivity index (χ0) is 23.9. The summed E-state index contributed by atoms with van der Waals surface area (Å²) in [5, 5.41) is 2.80. The van der Waals surface area contributed by atoms with E-state index in [0.29, 0.717) is 12.5 Å². The average Bonchev–Trinajstić information content (AvgIpc) is 3.06. The van der Waals surface area contributed by atoms with E-state index in [9.17, 15) is 9.59 Å². The van der Waals surface area contributed by atoms with Gasteiger partial charge in [-0.15, -0.1) is 0 Å². The van der Waals surface area contributed by atoms with Gasteiger partial charge in [0.15, 0.2) is 11.9 Å². The largest absolute Gasteiger partial charge is 0.435 e. The van der Waals surface area contributed by atoms with E-state index in [1.54, 1.807) is 12.4 Å². The standard InChI is InChI=1S/C25H34N2O7/c1-15-6-7-19-16(2)22(31-23-25(19)18(15)10-11-24(3,32-23)33-34-25)30-21(29)9-8-20(28)27-14-17-5-4-12-26-13-17/h4-5,12-13,15-16,18-19,22-23H,6-11,14H2,1-3H3,(H,27,28)/t15-,16-,18+,19-,22-,23-,24+,25-/m1/s1. The van der Waals surface area contributed by atoms with E-state index in [1.165, 1.54) is 0 Å². The van der Waals surface area contributed by atoms with Crippen molar-refractivity contribution in [3.8, 4) is 0 Å². The van der Waals surface area contributed by atoms with Gasteiger partial charge < -0.3 is 19.5 Å². The smallest absolute Gasteiger partial charge is 0.308 e. The summed E-state index contributed by atoms with van der Waals surface area (Å²) in [5.41, 5.74) is 0.205. The number of pyridine rings is 1. The van der Waals surface area contributed by atoms with Crippen LogP contribution in [0.1, 0.15) is 64.9 Å². The molecule has 9 heteroatoms. The van der Waals surface area contributed by atoms with Crippen LogP contribution < -0.4 is 5.32 Å². The molecular formula is C25H34N2O7. The van der Waals surface area contributed by atoms with Crippen molar-refractivity contribution in [1.29, 1.82) is 0 Å². The van der Waals surface area contributed by atoms with Gasteiger partial charge in [0.1, 0.15) is 0 Å². The van der Waals surface area contributed by atoms with Crippen LogP contribution in [0.2, 0.25) is 0 Å². The third kappa shape index (κ3) is 4.23. The lowest BCUT2D eigenvalue weighted by Crippen LogP contribution is -2.70. The van der Waals surface area contributed by atoms with Crippen LogP contribution in [0.4, 0.5) is 0 Å². The van der Waals surface area contributed by atoms with Crippen molar-refractivity contribution in [2.24, 2.45) is 23.7 Å². The first-order valence-corrected chi connectivity index (χ1v) is 12.4. The Hall–Kier alpha value is -2.07. The van der Waals surface area contributed by atoms with E-state index in [2.05, 4.69) is 17.2 Å². The molecular weight excluding hydrogens is 440 g/mol. The van der Waals surface area contributed by atoms with Crippen LogP contribution in [0, 0.1) is 23.7 Å². The van der Waals surface area contributed by atoms with Crippen molar-refractivity contribution in [2.75, 3.05) is 0 Å².